The van der Waals surface area contributed by atoms with E-state index in [9.17, 15) is 48.6 Å². The smallest absolute Gasteiger partial charge is 0.462 e. The monoisotopic (exact) mass is 1090 g/mol. The number of anilines is 1. The Kier molecular flexibility index (Phi) is 36.0. The molecule has 0 bridgehead atoms. The Labute approximate surface area is 443 Å². The van der Waals surface area contributed by atoms with Gasteiger partial charge in [0, 0.05) is 19.0 Å². The van der Waals surface area contributed by atoms with Gasteiger partial charge in [-0.25, -0.2) is 13.9 Å². The molecule has 420 valence electrons. The number of aromatic nitrogens is 2. The summed E-state index contributed by atoms with van der Waals surface area (Å²) in [6, 6.07) is 1.24. The minimum Gasteiger partial charge on any atom is -0.462 e. The minimum atomic E-state index is -5.47. The van der Waals surface area contributed by atoms with Gasteiger partial charge in [0.2, 0.25) is 0 Å². The van der Waals surface area contributed by atoms with E-state index in [-0.39, 0.29) is 24.8 Å². The van der Waals surface area contributed by atoms with Gasteiger partial charge in [0.1, 0.15) is 30.7 Å². The molecule has 75 heavy (non-hydrogen) atoms. The van der Waals surface area contributed by atoms with Gasteiger partial charge in [0.25, 0.3) is 0 Å². The first-order valence-corrected chi connectivity index (χ1v) is 29.0. The molecule has 8 atom stereocenters. The Balaban J connectivity index is 1.86. The molecule has 0 aliphatic carbocycles. The number of phosphoric ester groups is 2. The Bertz CT molecular complexity index is 2200. The highest BCUT2D eigenvalue weighted by molar-refractivity contribution is 7.61. The average Bonchev–Trinajstić information content (AvgIpc) is 3.65. The van der Waals surface area contributed by atoms with E-state index in [1.807, 2.05) is 49.5 Å². The second kappa shape index (κ2) is 40.6. The van der Waals surface area contributed by atoms with Crippen LogP contribution in [0.4, 0.5) is 5.82 Å². The fourth-order valence-corrected chi connectivity index (χ4v) is 8.91. The van der Waals surface area contributed by atoms with Crippen LogP contribution >= 0.6 is 15.6 Å². The van der Waals surface area contributed by atoms with Crippen molar-refractivity contribution in [1.29, 1.82) is 0 Å². The highest BCUT2D eigenvalue weighted by Gasteiger charge is 2.46. The van der Waals surface area contributed by atoms with Crippen molar-refractivity contribution in [2.75, 3.05) is 25.6 Å². The molecular formula is C54H83N3O16P2. The van der Waals surface area contributed by atoms with E-state index < -0.39 is 83.7 Å². The molecule has 0 aromatic carbocycles. The lowest BCUT2D eigenvalue weighted by Gasteiger charge is -2.21. The lowest BCUT2D eigenvalue weighted by atomic mass is 10.1. The van der Waals surface area contributed by atoms with Gasteiger partial charge < -0.3 is 45.1 Å². The summed E-state index contributed by atoms with van der Waals surface area (Å²) in [5, 5.41) is 30.5. The third kappa shape index (κ3) is 33.2. The van der Waals surface area contributed by atoms with Crippen LogP contribution in [0, 0.1) is 0 Å². The zero-order chi connectivity index (χ0) is 55.0. The molecule has 2 unspecified atom stereocenters. The first kappa shape index (κ1) is 66.5. The number of carbonyl (C=O) groups excluding carboxylic acids is 2. The molecule has 1 aliphatic heterocycles. The third-order valence-electron chi connectivity index (χ3n) is 11.0. The number of rotatable bonds is 41. The SMILES string of the molecule is CCCCC/C=C\C/C=C\C/C=C\C/C=C\C/C=C\CCC(=O)OC[C@H](COP(=O)(O)OP(=O)(O)OC[C@H]1O[C@@H](n2ccc(N)nc2=O)[C@H](O)[C@@H]1O)OC(=O)CCC/C=C\C/C=C\C/C=C\C/C=C\CC[C@H](O)CC. The predicted molar refractivity (Wildman–Crippen MR) is 290 cm³/mol. The van der Waals surface area contributed by atoms with Gasteiger partial charge in [-0.2, -0.15) is 9.29 Å². The number of phosphoric acid groups is 2. The molecule has 1 saturated heterocycles. The lowest BCUT2D eigenvalue weighted by Crippen LogP contribution is -2.36. The molecule has 0 radical (unpaired) electrons. The number of aliphatic hydroxyl groups is 3. The fourth-order valence-electron chi connectivity index (χ4n) is 6.80. The van der Waals surface area contributed by atoms with Crippen molar-refractivity contribution in [2.24, 2.45) is 0 Å². The maximum Gasteiger partial charge on any atom is 0.481 e. The predicted octanol–water partition coefficient (Wildman–Crippen LogP) is 9.97. The van der Waals surface area contributed by atoms with E-state index in [0.717, 1.165) is 68.6 Å². The van der Waals surface area contributed by atoms with E-state index in [1.54, 1.807) is 0 Å². The van der Waals surface area contributed by atoms with E-state index in [4.69, 9.17) is 29.0 Å². The molecule has 1 fully saturated rings. The second-order valence-corrected chi connectivity index (χ2v) is 20.5. The summed E-state index contributed by atoms with van der Waals surface area (Å²) in [4.78, 5) is 61.9. The van der Waals surface area contributed by atoms with Crippen molar-refractivity contribution in [3.8, 4) is 0 Å². The number of hydrogen-bond acceptors (Lipinski definition) is 16. The summed E-state index contributed by atoms with van der Waals surface area (Å²) in [6.07, 6.45) is 44.2. The number of nitrogen functional groups attached to an aromatic ring is 1. The van der Waals surface area contributed by atoms with Crippen LogP contribution in [-0.4, -0.2) is 96.9 Å². The number of aliphatic hydroxyl groups excluding tert-OH is 3. The summed E-state index contributed by atoms with van der Waals surface area (Å²) in [5.74, 6) is -1.50. The minimum absolute atomic E-state index is 0.0217. The first-order valence-electron chi connectivity index (χ1n) is 26.0. The molecule has 19 nitrogen and oxygen atoms in total. The Morgan fingerprint density at radius 1 is 0.693 bits per heavy atom. The quantitative estimate of drug-likeness (QED) is 0.0154. The molecule has 2 heterocycles. The van der Waals surface area contributed by atoms with Crippen LogP contribution in [0.5, 0.6) is 0 Å². The molecule has 0 saturated carbocycles. The summed E-state index contributed by atoms with van der Waals surface area (Å²) < 4.78 is 56.6. The van der Waals surface area contributed by atoms with Crippen LogP contribution in [0.2, 0.25) is 0 Å². The molecule has 7 N–H and O–H groups in total. The highest BCUT2D eigenvalue weighted by atomic mass is 31.3. The van der Waals surface area contributed by atoms with E-state index >= 15 is 0 Å². The Morgan fingerprint density at radius 2 is 1.20 bits per heavy atom. The topological polar surface area (TPSA) is 286 Å². The number of carbonyl (C=O) groups is 2. The summed E-state index contributed by atoms with van der Waals surface area (Å²) in [7, 11) is -10.9. The number of esters is 2. The van der Waals surface area contributed by atoms with Gasteiger partial charge in [-0.05, 0) is 102 Å². The molecule has 0 amide bonds. The maximum atomic E-state index is 12.9. The van der Waals surface area contributed by atoms with Crippen LogP contribution in [0.25, 0.3) is 0 Å². The van der Waals surface area contributed by atoms with Crippen molar-refractivity contribution >= 4 is 33.4 Å². The molecule has 1 aromatic rings. The van der Waals surface area contributed by atoms with Crippen LogP contribution in [-0.2, 0) is 46.3 Å². The number of unbranched alkanes of at least 4 members (excludes halogenated alkanes) is 4. The maximum absolute atomic E-state index is 12.9. The van der Waals surface area contributed by atoms with Crippen molar-refractivity contribution < 1.29 is 71.4 Å². The van der Waals surface area contributed by atoms with Crippen molar-refractivity contribution in [3.05, 3.63) is 132 Å². The van der Waals surface area contributed by atoms with Crippen LogP contribution in [0.3, 0.4) is 0 Å². The Morgan fingerprint density at radius 3 is 1.73 bits per heavy atom. The number of nitrogens with zero attached hydrogens (tertiary/aromatic N) is 2. The second-order valence-electron chi connectivity index (χ2n) is 17.5. The van der Waals surface area contributed by atoms with E-state index in [1.165, 1.54) is 25.3 Å². The highest BCUT2D eigenvalue weighted by Crippen LogP contribution is 2.60. The molecule has 2 rings (SSSR count). The first-order chi connectivity index (χ1) is 36.1. The Hall–Kier alpha value is -4.62. The molecule has 1 aromatic heterocycles. The summed E-state index contributed by atoms with van der Waals surface area (Å²) in [6.45, 7) is 1.71. The van der Waals surface area contributed by atoms with Crippen molar-refractivity contribution in [1.82, 2.24) is 9.55 Å². The normalized spacial score (nSPS) is 20.1. The van der Waals surface area contributed by atoms with Gasteiger partial charge in [-0.1, -0.05) is 136 Å². The number of allylic oxidation sites excluding steroid dienone is 18. The standard InChI is InChI=1S/C54H83N3O16P2/c1-3-5-6-7-8-9-10-11-12-13-14-15-16-20-23-26-29-32-35-38-49(59)68-42-46(71-50(60)39-36-33-30-27-24-21-18-17-19-22-25-28-31-34-37-45(58)4-2)43-69-74(64,65)73-75(66,67)70-44-47-51(61)52(62)53(72-47)57-41-40-48(55)56-54(57)63/h8-9,11-12,14-15,18-23,27-32,40-41,45-47,51-53,58,61-62H,3-7,10,13,16-17,24-26,33-39,42-44H2,1-2H3,(H,64,65)(H,66,67)(H2,55,56,63)/b9-8-,12-11-,15-14-,21-18-,22-19-,23-20-,30-27-,31-28-,32-29-/t45-,46-,47-,51-,52-,53-/m1/s1. The van der Waals surface area contributed by atoms with Crippen LogP contribution in [0.15, 0.2) is 126 Å². The fraction of sp³-hybridized carbons (Fsp3) is 0.556. The van der Waals surface area contributed by atoms with E-state index in [2.05, 4.69) is 83.1 Å². The largest absolute Gasteiger partial charge is 0.481 e. The molecule has 1 aliphatic rings. The lowest BCUT2D eigenvalue weighted by molar-refractivity contribution is -0.161. The van der Waals surface area contributed by atoms with E-state index in [0.29, 0.717) is 32.1 Å². The third-order valence-corrected chi connectivity index (χ3v) is 13.6. The van der Waals surface area contributed by atoms with Gasteiger partial charge in [0.15, 0.2) is 12.3 Å². The summed E-state index contributed by atoms with van der Waals surface area (Å²) >= 11 is 0. The van der Waals surface area contributed by atoms with Crippen molar-refractivity contribution in [3.63, 3.8) is 0 Å². The van der Waals surface area contributed by atoms with Gasteiger partial charge in [-0.3, -0.25) is 23.2 Å². The zero-order valence-corrected chi connectivity index (χ0v) is 45.4. The van der Waals surface area contributed by atoms with Gasteiger partial charge >= 0.3 is 33.3 Å². The zero-order valence-electron chi connectivity index (χ0n) is 43.7. The number of ether oxygens (including phenoxy) is 3. The average molecular weight is 1090 g/mol. The van der Waals surface area contributed by atoms with Crippen LogP contribution < -0.4 is 11.4 Å². The molecule has 0 spiro atoms. The number of nitrogens with two attached hydrogens (primary N) is 1. The van der Waals surface area contributed by atoms with Gasteiger partial charge in [0.05, 0.1) is 19.3 Å². The van der Waals surface area contributed by atoms with Gasteiger partial charge in [-0.15, -0.1) is 0 Å². The number of hydrogen-bond donors (Lipinski definition) is 6. The molecular weight excluding hydrogens is 1010 g/mol. The summed E-state index contributed by atoms with van der Waals surface area (Å²) in [5.41, 5.74) is 4.57. The molecule has 21 heteroatoms. The van der Waals surface area contributed by atoms with Crippen LogP contribution in [0.1, 0.15) is 142 Å². The van der Waals surface area contributed by atoms with Crippen molar-refractivity contribution in [2.45, 2.75) is 173 Å².